The zero-order valence-electron chi connectivity index (χ0n) is 12.4. The van der Waals surface area contributed by atoms with Gasteiger partial charge in [-0.25, -0.2) is 4.98 Å². The van der Waals surface area contributed by atoms with Crippen molar-refractivity contribution in [3.05, 3.63) is 63.9 Å². The van der Waals surface area contributed by atoms with Gasteiger partial charge in [0.05, 0.1) is 19.0 Å². The fourth-order valence-electron chi connectivity index (χ4n) is 2.01. The quantitative estimate of drug-likeness (QED) is 0.493. The molecular formula is C17H14BrN3OS. The van der Waals surface area contributed by atoms with Crippen molar-refractivity contribution < 1.29 is 4.74 Å². The minimum absolute atomic E-state index is 0.745. The second-order valence-corrected chi connectivity index (χ2v) is 6.43. The van der Waals surface area contributed by atoms with Crippen LogP contribution in [0.2, 0.25) is 0 Å². The normalized spacial score (nSPS) is 10.9. The molecule has 116 valence electrons. The molecule has 1 aromatic heterocycles. The molecular weight excluding hydrogens is 374 g/mol. The zero-order chi connectivity index (χ0) is 16.1. The Kier molecular flexibility index (Phi) is 5.05. The molecule has 0 bridgehead atoms. The molecule has 1 heterocycles. The highest BCUT2D eigenvalue weighted by Gasteiger charge is 2.04. The third kappa shape index (κ3) is 3.97. The zero-order valence-corrected chi connectivity index (χ0v) is 14.8. The van der Waals surface area contributed by atoms with Gasteiger partial charge in [0.15, 0.2) is 0 Å². The summed E-state index contributed by atoms with van der Waals surface area (Å²) in [6.45, 7) is 0. The van der Waals surface area contributed by atoms with Gasteiger partial charge in [-0.05, 0) is 24.3 Å². The lowest BCUT2D eigenvalue weighted by molar-refractivity contribution is 0.414. The molecule has 0 saturated carbocycles. The van der Waals surface area contributed by atoms with Gasteiger partial charge in [-0.3, -0.25) is 5.43 Å². The highest BCUT2D eigenvalue weighted by atomic mass is 79.9. The van der Waals surface area contributed by atoms with Crippen LogP contribution in [-0.4, -0.2) is 18.3 Å². The first-order chi connectivity index (χ1) is 11.3. The van der Waals surface area contributed by atoms with Crippen LogP contribution in [0.25, 0.3) is 11.3 Å². The molecule has 4 nitrogen and oxygen atoms in total. The first kappa shape index (κ1) is 15.7. The maximum absolute atomic E-state index is 5.28. The summed E-state index contributed by atoms with van der Waals surface area (Å²) in [5.74, 6) is 0.785. The van der Waals surface area contributed by atoms with Gasteiger partial charge in [0.2, 0.25) is 5.13 Å². The Bertz CT molecular complexity index is 815. The van der Waals surface area contributed by atoms with Crippen LogP contribution >= 0.6 is 27.3 Å². The van der Waals surface area contributed by atoms with Crippen LogP contribution in [0.4, 0.5) is 5.13 Å². The molecule has 0 spiro atoms. The lowest BCUT2D eigenvalue weighted by Crippen LogP contribution is -1.93. The van der Waals surface area contributed by atoms with E-state index in [-0.39, 0.29) is 0 Å². The van der Waals surface area contributed by atoms with Crippen molar-refractivity contribution in [2.45, 2.75) is 0 Å². The number of rotatable bonds is 5. The Morgan fingerprint density at radius 2 is 1.96 bits per heavy atom. The Morgan fingerprint density at radius 3 is 2.74 bits per heavy atom. The van der Waals surface area contributed by atoms with E-state index in [2.05, 4.69) is 31.4 Å². The van der Waals surface area contributed by atoms with Crippen molar-refractivity contribution >= 4 is 38.6 Å². The fraction of sp³-hybridized carbons (Fsp3) is 0.0588. The molecule has 0 fully saturated rings. The van der Waals surface area contributed by atoms with Crippen LogP contribution in [0.3, 0.4) is 0 Å². The number of hydrogen-bond donors (Lipinski definition) is 1. The number of nitrogens with one attached hydrogen (secondary N) is 1. The number of hydrazone groups is 1. The molecule has 0 radical (unpaired) electrons. The van der Waals surface area contributed by atoms with Crippen LogP contribution < -0.4 is 10.2 Å². The highest BCUT2D eigenvalue weighted by Crippen LogP contribution is 2.26. The van der Waals surface area contributed by atoms with Crippen molar-refractivity contribution in [1.82, 2.24) is 4.98 Å². The van der Waals surface area contributed by atoms with Gasteiger partial charge in [0, 0.05) is 21.0 Å². The number of para-hydroxylation sites is 1. The molecule has 3 rings (SSSR count). The number of aromatic nitrogens is 1. The van der Waals surface area contributed by atoms with Gasteiger partial charge in [0.25, 0.3) is 0 Å². The summed E-state index contributed by atoms with van der Waals surface area (Å²) in [6.07, 6.45) is 1.72. The number of methoxy groups -OCH3 is 1. The smallest absolute Gasteiger partial charge is 0.203 e. The average Bonchev–Trinajstić information content (AvgIpc) is 3.05. The van der Waals surface area contributed by atoms with E-state index in [4.69, 9.17) is 4.74 Å². The van der Waals surface area contributed by atoms with Gasteiger partial charge < -0.3 is 4.74 Å². The summed E-state index contributed by atoms with van der Waals surface area (Å²) >= 11 is 4.95. The van der Waals surface area contributed by atoms with E-state index < -0.39 is 0 Å². The third-order valence-corrected chi connectivity index (χ3v) is 4.42. The molecule has 6 heteroatoms. The average molecular weight is 388 g/mol. The first-order valence-electron chi connectivity index (χ1n) is 6.90. The number of ether oxygens (including phenoxy) is 1. The van der Waals surface area contributed by atoms with Crippen molar-refractivity contribution in [3.63, 3.8) is 0 Å². The van der Waals surface area contributed by atoms with Crippen LogP contribution in [-0.2, 0) is 0 Å². The van der Waals surface area contributed by atoms with Crippen LogP contribution in [0, 0.1) is 0 Å². The van der Waals surface area contributed by atoms with Gasteiger partial charge >= 0.3 is 0 Å². The largest absolute Gasteiger partial charge is 0.496 e. The van der Waals surface area contributed by atoms with Crippen LogP contribution in [0.1, 0.15) is 5.56 Å². The van der Waals surface area contributed by atoms with E-state index in [0.29, 0.717) is 0 Å². The number of anilines is 1. The molecule has 3 aromatic rings. The topological polar surface area (TPSA) is 46.5 Å². The molecule has 1 N–H and O–H groups in total. The Balaban J connectivity index is 1.70. The predicted molar refractivity (Wildman–Crippen MR) is 99.5 cm³/mol. The number of hydrogen-bond acceptors (Lipinski definition) is 5. The van der Waals surface area contributed by atoms with Crippen LogP contribution in [0.5, 0.6) is 5.75 Å². The van der Waals surface area contributed by atoms with Crippen molar-refractivity contribution in [2.24, 2.45) is 5.10 Å². The van der Waals surface area contributed by atoms with Crippen molar-refractivity contribution in [3.8, 4) is 17.0 Å². The third-order valence-electron chi connectivity index (χ3n) is 3.15. The second-order valence-electron chi connectivity index (χ2n) is 4.66. The van der Waals surface area contributed by atoms with Gasteiger partial charge in [-0.2, -0.15) is 5.10 Å². The van der Waals surface area contributed by atoms with E-state index in [0.717, 1.165) is 32.2 Å². The van der Waals surface area contributed by atoms with E-state index in [9.17, 15) is 0 Å². The van der Waals surface area contributed by atoms with E-state index >= 15 is 0 Å². The number of benzene rings is 2. The predicted octanol–water partition coefficient (Wildman–Crippen LogP) is 5.03. The lowest BCUT2D eigenvalue weighted by Gasteiger charge is -2.02. The molecule has 0 saturated heterocycles. The molecule has 0 amide bonds. The number of nitrogens with zero attached hydrogens (tertiary/aromatic N) is 2. The summed E-state index contributed by atoms with van der Waals surface area (Å²) < 4.78 is 6.34. The SMILES string of the molecule is COc1ccccc1/C=N\Nc1nc(-c2ccc(Br)cc2)cs1. The van der Waals surface area contributed by atoms with Crippen molar-refractivity contribution in [1.29, 1.82) is 0 Å². The first-order valence-corrected chi connectivity index (χ1v) is 8.57. The monoisotopic (exact) mass is 387 g/mol. The van der Waals surface area contributed by atoms with E-state index in [1.165, 1.54) is 11.3 Å². The number of thiazole rings is 1. The van der Waals surface area contributed by atoms with Crippen molar-refractivity contribution in [2.75, 3.05) is 12.5 Å². The molecule has 0 atom stereocenters. The minimum Gasteiger partial charge on any atom is -0.496 e. The molecule has 0 aliphatic rings. The van der Waals surface area contributed by atoms with Gasteiger partial charge in [0.1, 0.15) is 5.75 Å². The Morgan fingerprint density at radius 1 is 1.17 bits per heavy atom. The van der Waals surface area contributed by atoms with Gasteiger partial charge in [-0.1, -0.05) is 40.2 Å². The van der Waals surface area contributed by atoms with Gasteiger partial charge in [-0.15, -0.1) is 11.3 Å². The summed E-state index contributed by atoms with van der Waals surface area (Å²) in [4.78, 5) is 4.53. The molecule has 0 unspecified atom stereocenters. The molecule has 23 heavy (non-hydrogen) atoms. The molecule has 0 aliphatic heterocycles. The maximum Gasteiger partial charge on any atom is 0.203 e. The van der Waals surface area contributed by atoms with E-state index in [1.807, 2.05) is 53.9 Å². The lowest BCUT2D eigenvalue weighted by atomic mass is 10.2. The standard InChI is InChI=1S/C17H14BrN3OS/c1-22-16-5-3-2-4-13(16)10-19-21-17-20-15(11-23-17)12-6-8-14(18)9-7-12/h2-11H,1H3,(H,20,21)/b19-10-. The maximum atomic E-state index is 5.28. The number of halogens is 1. The summed E-state index contributed by atoms with van der Waals surface area (Å²) in [6, 6.07) is 15.8. The Labute approximate surface area is 147 Å². The fourth-order valence-corrected chi connectivity index (χ4v) is 2.94. The Hall–Kier alpha value is -2.18. The van der Waals surface area contributed by atoms with E-state index in [1.54, 1.807) is 13.3 Å². The minimum atomic E-state index is 0.745. The summed E-state index contributed by atoms with van der Waals surface area (Å²) in [7, 11) is 1.64. The molecule has 2 aromatic carbocycles. The summed E-state index contributed by atoms with van der Waals surface area (Å²) in [5, 5.41) is 6.98. The van der Waals surface area contributed by atoms with Crippen LogP contribution in [0.15, 0.2) is 63.5 Å². The summed E-state index contributed by atoms with van der Waals surface area (Å²) in [5.41, 5.74) is 5.87. The molecule has 0 aliphatic carbocycles. The highest BCUT2D eigenvalue weighted by molar-refractivity contribution is 9.10. The second kappa shape index (κ2) is 7.39.